The van der Waals surface area contributed by atoms with Crippen molar-refractivity contribution in [3.63, 3.8) is 0 Å². The first-order valence-corrected chi connectivity index (χ1v) is 6.80. The Morgan fingerprint density at radius 3 is 2.79 bits per heavy atom. The second-order valence-corrected chi connectivity index (χ2v) is 5.70. The number of thiazole rings is 1. The van der Waals surface area contributed by atoms with E-state index < -0.39 is 0 Å². The van der Waals surface area contributed by atoms with Gasteiger partial charge in [-0.25, -0.2) is 9.97 Å². The molecule has 98 valence electrons. The highest BCUT2D eigenvalue weighted by Gasteiger charge is 2.25. The predicted octanol–water partition coefficient (Wildman–Crippen LogP) is 2.24. The van der Waals surface area contributed by atoms with Gasteiger partial charge in [-0.05, 0) is 20.8 Å². The van der Waals surface area contributed by atoms with E-state index in [4.69, 9.17) is 0 Å². The molecular formula is C12H14N6S. The van der Waals surface area contributed by atoms with Crippen molar-refractivity contribution in [3.8, 4) is 0 Å². The summed E-state index contributed by atoms with van der Waals surface area (Å²) >= 11 is 1.62. The van der Waals surface area contributed by atoms with Crippen molar-refractivity contribution in [2.45, 2.75) is 26.3 Å². The molecule has 19 heavy (non-hydrogen) atoms. The van der Waals surface area contributed by atoms with E-state index in [0.717, 1.165) is 16.5 Å². The van der Waals surface area contributed by atoms with Crippen LogP contribution in [0.2, 0.25) is 0 Å². The fourth-order valence-electron chi connectivity index (χ4n) is 1.91. The van der Waals surface area contributed by atoms with Crippen molar-refractivity contribution in [2.24, 2.45) is 0 Å². The molecule has 0 unspecified atom stereocenters. The largest absolute Gasteiger partial charge is 0.356 e. The molecule has 3 aromatic heterocycles. The van der Waals surface area contributed by atoms with Gasteiger partial charge >= 0.3 is 0 Å². The molecule has 0 aliphatic heterocycles. The first kappa shape index (κ1) is 12.0. The van der Waals surface area contributed by atoms with Crippen LogP contribution in [-0.2, 0) is 5.54 Å². The van der Waals surface area contributed by atoms with Gasteiger partial charge in [0.25, 0.3) is 0 Å². The number of rotatable bonds is 3. The molecule has 0 saturated heterocycles. The lowest BCUT2D eigenvalue weighted by atomic mass is 10.1. The molecule has 0 atom stereocenters. The highest BCUT2D eigenvalue weighted by atomic mass is 32.1. The molecule has 0 saturated carbocycles. The number of hydrogen-bond acceptors (Lipinski definition) is 6. The highest BCUT2D eigenvalue weighted by molar-refractivity contribution is 7.09. The fraction of sp³-hybridized carbons (Fsp3) is 0.333. The maximum absolute atomic E-state index is 4.36. The third-order valence-corrected chi connectivity index (χ3v) is 3.99. The van der Waals surface area contributed by atoms with Crippen LogP contribution in [0.5, 0.6) is 0 Å². The Morgan fingerprint density at radius 1 is 1.21 bits per heavy atom. The number of aromatic nitrogens is 5. The van der Waals surface area contributed by atoms with Gasteiger partial charge in [0.2, 0.25) is 5.65 Å². The van der Waals surface area contributed by atoms with Gasteiger partial charge in [0.1, 0.15) is 10.8 Å². The van der Waals surface area contributed by atoms with E-state index in [1.807, 2.05) is 22.9 Å². The Kier molecular flexibility index (Phi) is 2.70. The van der Waals surface area contributed by atoms with E-state index in [9.17, 15) is 0 Å². The molecule has 3 heterocycles. The number of fused-ring (bicyclic) bond motifs is 1. The van der Waals surface area contributed by atoms with E-state index in [-0.39, 0.29) is 5.54 Å². The van der Waals surface area contributed by atoms with E-state index in [2.05, 4.69) is 39.3 Å². The van der Waals surface area contributed by atoms with Gasteiger partial charge < -0.3 is 5.32 Å². The summed E-state index contributed by atoms with van der Waals surface area (Å²) in [5.74, 6) is 1.55. The smallest absolute Gasteiger partial charge is 0.203 e. The normalized spacial score (nSPS) is 11.9. The summed E-state index contributed by atoms with van der Waals surface area (Å²) in [5, 5.41) is 14.6. The average molecular weight is 274 g/mol. The van der Waals surface area contributed by atoms with Crippen LogP contribution in [0.25, 0.3) is 5.65 Å². The Labute approximate surface area is 114 Å². The summed E-state index contributed by atoms with van der Waals surface area (Å²) in [7, 11) is 0. The van der Waals surface area contributed by atoms with Crippen LogP contribution in [0.1, 0.15) is 24.7 Å². The number of aryl methyl sites for hydroxylation is 1. The minimum atomic E-state index is -0.303. The van der Waals surface area contributed by atoms with E-state index in [0.29, 0.717) is 5.82 Å². The van der Waals surface area contributed by atoms with Crippen molar-refractivity contribution >= 4 is 22.8 Å². The van der Waals surface area contributed by atoms with Crippen LogP contribution < -0.4 is 5.32 Å². The Hall–Kier alpha value is -2.02. The van der Waals surface area contributed by atoms with Gasteiger partial charge in [-0.3, -0.25) is 4.40 Å². The second kappa shape index (κ2) is 4.27. The molecule has 0 radical (unpaired) electrons. The Balaban J connectivity index is 2.02. The van der Waals surface area contributed by atoms with Crippen LogP contribution in [0, 0.1) is 6.92 Å². The quantitative estimate of drug-likeness (QED) is 0.793. The van der Waals surface area contributed by atoms with Crippen molar-refractivity contribution in [2.75, 3.05) is 5.32 Å². The van der Waals surface area contributed by atoms with Gasteiger partial charge in [-0.15, -0.1) is 21.5 Å². The Bertz CT molecular complexity index is 700. The molecule has 7 heteroatoms. The summed E-state index contributed by atoms with van der Waals surface area (Å²) in [4.78, 5) is 8.71. The standard InChI is InChI=1S/C12H14N6S/c1-8-16-17-10-9(13-4-6-18(8)10)15-12(2,3)11-14-5-7-19-11/h4-7H,1-3H3,(H,13,15). The number of anilines is 1. The zero-order chi connectivity index (χ0) is 13.5. The lowest BCUT2D eigenvalue weighted by molar-refractivity contribution is 0.601. The molecule has 0 aliphatic carbocycles. The topological polar surface area (TPSA) is 68.0 Å². The molecule has 6 nitrogen and oxygen atoms in total. The summed E-state index contributed by atoms with van der Waals surface area (Å²) in [6.07, 6.45) is 5.40. The van der Waals surface area contributed by atoms with Gasteiger partial charge in [0.05, 0.1) is 5.54 Å². The van der Waals surface area contributed by atoms with E-state index in [1.165, 1.54) is 0 Å². The first-order valence-electron chi connectivity index (χ1n) is 5.92. The molecule has 0 fully saturated rings. The van der Waals surface area contributed by atoms with Gasteiger partial charge in [-0.2, -0.15) is 0 Å². The monoisotopic (exact) mass is 274 g/mol. The highest BCUT2D eigenvalue weighted by Crippen LogP contribution is 2.27. The van der Waals surface area contributed by atoms with Gasteiger partial charge in [0, 0.05) is 24.0 Å². The molecule has 3 aromatic rings. The molecule has 1 N–H and O–H groups in total. The lowest BCUT2D eigenvalue weighted by Crippen LogP contribution is -2.28. The minimum absolute atomic E-state index is 0.303. The zero-order valence-corrected chi connectivity index (χ0v) is 11.8. The summed E-state index contributed by atoms with van der Waals surface area (Å²) in [6, 6.07) is 0. The Morgan fingerprint density at radius 2 is 2.05 bits per heavy atom. The van der Waals surface area contributed by atoms with Crippen molar-refractivity contribution < 1.29 is 0 Å². The molecule has 3 rings (SSSR count). The average Bonchev–Trinajstić information content (AvgIpc) is 3.00. The van der Waals surface area contributed by atoms with Crippen LogP contribution >= 0.6 is 11.3 Å². The second-order valence-electron chi connectivity index (χ2n) is 4.80. The molecule has 0 aliphatic rings. The van der Waals surface area contributed by atoms with Crippen molar-refractivity contribution in [1.82, 2.24) is 24.6 Å². The summed E-state index contributed by atoms with van der Waals surface area (Å²) in [5.41, 5.74) is 0.424. The molecule has 0 spiro atoms. The third-order valence-electron chi connectivity index (χ3n) is 2.90. The SMILES string of the molecule is Cc1nnc2c(NC(C)(C)c3nccs3)nccn12. The molecule has 0 aromatic carbocycles. The number of nitrogens with one attached hydrogen (secondary N) is 1. The fourth-order valence-corrected chi connectivity index (χ4v) is 2.63. The van der Waals surface area contributed by atoms with Crippen LogP contribution in [0.15, 0.2) is 24.0 Å². The number of nitrogens with zero attached hydrogens (tertiary/aromatic N) is 5. The minimum Gasteiger partial charge on any atom is -0.356 e. The van der Waals surface area contributed by atoms with Crippen LogP contribution in [-0.4, -0.2) is 24.6 Å². The lowest BCUT2D eigenvalue weighted by Gasteiger charge is -2.24. The van der Waals surface area contributed by atoms with E-state index >= 15 is 0 Å². The maximum Gasteiger partial charge on any atom is 0.203 e. The predicted molar refractivity (Wildman–Crippen MR) is 74.3 cm³/mol. The summed E-state index contributed by atoms with van der Waals surface area (Å²) in [6.45, 7) is 6.05. The molecular weight excluding hydrogens is 260 g/mol. The molecule has 0 bridgehead atoms. The van der Waals surface area contributed by atoms with Gasteiger partial charge in [0.15, 0.2) is 5.82 Å². The van der Waals surface area contributed by atoms with Gasteiger partial charge in [-0.1, -0.05) is 0 Å². The van der Waals surface area contributed by atoms with E-state index in [1.54, 1.807) is 23.7 Å². The van der Waals surface area contributed by atoms with Crippen molar-refractivity contribution in [1.29, 1.82) is 0 Å². The molecule has 0 amide bonds. The third kappa shape index (κ3) is 2.06. The number of hydrogen-bond donors (Lipinski definition) is 1. The summed E-state index contributed by atoms with van der Waals surface area (Å²) < 4.78 is 1.91. The van der Waals surface area contributed by atoms with Crippen LogP contribution in [0.4, 0.5) is 5.82 Å². The first-order chi connectivity index (χ1) is 9.08. The van der Waals surface area contributed by atoms with Crippen LogP contribution in [0.3, 0.4) is 0 Å². The van der Waals surface area contributed by atoms with Crippen molar-refractivity contribution in [3.05, 3.63) is 34.8 Å². The maximum atomic E-state index is 4.36. The zero-order valence-electron chi connectivity index (χ0n) is 11.0.